The smallest absolute Gasteiger partial charge is 0.193 e. The number of ether oxygens (including phenoxy) is 1. The Hall–Kier alpha value is -1.61. The van der Waals surface area contributed by atoms with E-state index in [1.807, 2.05) is 44.2 Å². The van der Waals surface area contributed by atoms with E-state index < -0.39 is 0 Å². The van der Waals surface area contributed by atoms with E-state index in [1.54, 1.807) is 12.1 Å². The molecule has 0 aromatic heterocycles. The molecule has 0 bridgehead atoms. The average Bonchev–Trinajstić information content (AvgIpc) is 2.42. The van der Waals surface area contributed by atoms with Gasteiger partial charge in [-0.15, -0.1) is 0 Å². The number of carbonyl (C=O) groups is 1. The molecule has 19 heavy (non-hydrogen) atoms. The molecule has 0 aliphatic carbocycles. The van der Waals surface area contributed by atoms with Crippen molar-refractivity contribution < 1.29 is 9.53 Å². The molecule has 0 radical (unpaired) electrons. The molecule has 0 aliphatic rings. The van der Waals surface area contributed by atoms with Crippen LogP contribution in [-0.4, -0.2) is 12.4 Å². The van der Waals surface area contributed by atoms with Crippen molar-refractivity contribution in [3.05, 3.63) is 63.6 Å². The summed E-state index contributed by atoms with van der Waals surface area (Å²) in [6.07, 6.45) is 0. The van der Waals surface area contributed by atoms with E-state index in [0.717, 1.165) is 15.8 Å². The maximum absolute atomic E-state index is 12.4. The van der Waals surface area contributed by atoms with Crippen LogP contribution in [0.1, 0.15) is 28.4 Å². The zero-order chi connectivity index (χ0) is 13.8. The first kappa shape index (κ1) is 13.8. The van der Waals surface area contributed by atoms with Gasteiger partial charge in [-0.3, -0.25) is 4.79 Å². The van der Waals surface area contributed by atoms with Crippen LogP contribution in [-0.2, 0) is 0 Å². The van der Waals surface area contributed by atoms with E-state index >= 15 is 0 Å². The molecule has 0 saturated carbocycles. The second-order valence-electron chi connectivity index (χ2n) is 4.25. The number of rotatable bonds is 4. The Morgan fingerprint density at radius 3 is 2.58 bits per heavy atom. The third-order valence-electron chi connectivity index (χ3n) is 2.84. The summed E-state index contributed by atoms with van der Waals surface area (Å²) in [5.74, 6) is 0.724. The molecule has 0 heterocycles. The lowest BCUT2D eigenvalue weighted by Crippen LogP contribution is -2.02. The van der Waals surface area contributed by atoms with E-state index in [-0.39, 0.29) is 5.78 Å². The molecule has 2 nitrogen and oxygen atoms in total. The largest absolute Gasteiger partial charge is 0.494 e. The van der Waals surface area contributed by atoms with Crippen LogP contribution in [0, 0.1) is 6.92 Å². The second-order valence-corrected chi connectivity index (χ2v) is 5.11. The average molecular weight is 319 g/mol. The van der Waals surface area contributed by atoms with Crippen LogP contribution in [0.25, 0.3) is 0 Å². The molecule has 2 rings (SSSR count). The van der Waals surface area contributed by atoms with Gasteiger partial charge in [0.15, 0.2) is 5.78 Å². The molecule has 0 amide bonds. The van der Waals surface area contributed by atoms with Crippen LogP contribution >= 0.6 is 15.9 Å². The van der Waals surface area contributed by atoms with Gasteiger partial charge >= 0.3 is 0 Å². The number of hydrogen-bond acceptors (Lipinski definition) is 2. The molecule has 2 aromatic rings. The van der Waals surface area contributed by atoms with Crippen LogP contribution in [0.4, 0.5) is 0 Å². The van der Waals surface area contributed by atoms with Gasteiger partial charge in [0.25, 0.3) is 0 Å². The molecule has 3 heteroatoms. The number of benzene rings is 2. The number of hydrogen-bond donors (Lipinski definition) is 0. The summed E-state index contributed by atoms with van der Waals surface area (Å²) in [5.41, 5.74) is 2.42. The third-order valence-corrected chi connectivity index (χ3v) is 3.70. The predicted octanol–water partition coefficient (Wildman–Crippen LogP) is 4.39. The maximum Gasteiger partial charge on any atom is 0.193 e. The van der Waals surface area contributed by atoms with Gasteiger partial charge < -0.3 is 4.74 Å². The standard InChI is InChI=1S/C16H15BrO2/c1-3-19-14-6-4-5-12(9-14)16(18)13-8-7-11(2)15(17)10-13/h4-10H,3H2,1-2H3. The summed E-state index contributed by atoms with van der Waals surface area (Å²) in [5, 5.41) is 0. The zero-order valence-corrected chi connectivity index (χ0v) is 12.5. The summed E-state index contributed by atoms with van der Waals surface area (Å²) < 4.78 is 6.36. The van der Waals surface area contributed by atoms with Gasteiger partial charge in [-0.05, 0) is 37.6 Å². The number of carbonyl (C=O) groups excluding carboxylic acids is 1. The first-order chi connectivity index (χ1) is 9.11. The van der Waals surface area contributed by atoms with Crippen LogP contribution in [0.3, 0.4) is 0 Å². The summed E-state index contributed by atoms with van der Waals surface area (Å²) in [6.45, 7) is 4.51. The molecule has 0 spiro atoms. The van der Waals surface area contributed by atoms with E-state index in [9.17, 15) is 4.79 Å². The Morgan fingerprint density at radius 2 is 1.89 bits per heavy atom. The zero-order valence-electron chi connectivity index (χ0n) is 10.9. The lowest BCUT2D eigenvalue weighted by Gasteiger charge is -2.06. The summed E-state index contributed by atoms with van der Waals surface area (Å²) in [7, 11) is 0. The van der Waals surface area contributed by atoms with Crippen molar-refractivity contribution in [3.8, 4) is 5.75 Å². The molecule has 0 aliphatic heterocycles. The molecular formula is C16H15BrO2. The van der Waals surface area contributed by atoms with Crippen LogP contribution < -0.4 is 4.74 Å². The van der Waals surface area contributed by atoms with Crippen molar-refractivity contribution in [1.82, 2.24) is 0 Å². The topological polar surface area (TPSA) is 26.3 Å². The minimum absolute atomic E-state index is 0.00209. The second kappa shape index (κ2) is 6.02. The summed E-state index contributed by atoms with van der Waals surface area (Å²) in [6, 6.07) is 12.9. The third kappa shape index (κ3) is 3.24. The van der Waals surface area contributed by atoms with Gasteiger partial charge in [-0.2, -0.15) is 0 Å². The highest BCUT2D eigenvalue weighted by Crippen LogP contribution is 2.21. The normalized spacial score (nSPS) is 10.3. The fourth-order valence-electron chi connectivity index (χ4n) is 1.79. The first-order valence-corrected chi connectivity index (χ1v) is 6.95. The van der Waals surface area contributed by atoms with Gasteiger partial charge in [-0.25, -0.2) is 0 Å². The fraction of sp³-hybridized carbons (Fsp3) is 0.188. The van der Waals surface area contributed by atoms with Gasteiger partial charge in [0.1, 0.15) is 5.75 Å². The van der Waals surface area contributed by atoms with Crippen LogP contribution in [0.2, 0.25) is 0 Å². The van der Waals surface area contributed by atoms with E-state index in [2.05, 4.69) is 15.9 Å². The minimum atomic E-state index is 0.00209. The molecule has 0 unspecified atom stereocenters. The van der Waals surface area contributed by atoms with Gasteiger partial charge in [0.05, 0.1) is 6.61 Å². The fourth-order valence-corrected chi connectivity index (χ4v) is 2.17. The summed E-state index contributed by atoms with van der Waals surface area (Å²) >= 11 is 3.45. The van der Waals surface area contributed by atoms with E-state index in [1.165, 1.54) is 0 Å². The maximum atomic E-state index is 12.4. The van der Waals surface area contributed by atoms with Crippen molar-refractivity contribution >= 4 is 21.7 Å². The van der Waals surface area contributed by atoms with Gasteiger partial charge in [0.2, 0.25) is 0 Å². The van der Waals surface area contributed by atoms with Crippen molar-refractivity contribution in [3.63, 3.8) is 0 Å². The molecular weight excluding hydrogens is 304 g/mol. The molecule has 0 N–H and O–H groups in total. The summed E-state index contributed by atoms with van der Waals surface area (Å²) in [4.78, 5) is 12.4. The lowest BCUT2D eigenvalue weighted by atomic mass is 10.0. The van der Waals surface area contributed by atoms with Crippen molar-refractivity contribution in [2.45, 2.75) is 13.8 Å². The van der Waals surface area contributed by atoms with Gasteiger partial charge in [0, 0.05) is 15.6 Å². The lowest BCUT2D eigenvalue weighted by molar-refractivity contribution is 0.103. The quantitative estimate of drug-likeness (QED) is 0.782. The van der Waals surface area contributed by atoms with E-state index in [0.29, 0.717) is 17.7 Å². The Bertz CT molecular complexity index is 605. The van der Waals surface area contributed by atoms with E-state index in [4.69, 9.17) is 4.74 Å². The van der Waals surface area contributed by atoms with Crippen LogP contribution in [0.5, 0.6) is 5.75 Å². The SMILES string of the molecule is CCOc1cccc(C(=O)c2ccc(C)c(Br)c2)c1. The molecule has 2 aromatic carbocycles. The Balaban J connectivity index is 2.32. The Labute approximate surface area is 121 Å². The highest BCUT2D eigenvalue weighted by atomic mass is 79.9. The van der Waals surface area contributed by atoms with Gasteiger partial charge in [-0.1, -0.05) is 40.2 Å². The first-order valence-electron chi connectivity index (χ1n) is 6.15. The van der Waals surface area contributed by atoms with Crippen molar-refractivity contribution in [2.24, 2.45) is 0 Å². The number of aryl methyl sites for hydroxylation is 1. The monoisotopic (exact) mass is 318 g/mol. The molecule has 0 saturated heterocycles. The predicted molar refractivity (Wildman–Crippen MR) is 79.9 cm³/mol. The number of ketones is 1. The molecule has 98 valence electrons. The number of halogens is 1. The Morgan fingerprint density at radius 1 is 1.16 bits per heavy atom. The minimum Gasteiger partial charge on any atom is -0.494 e. The Kier molecular flexibility index (Phi) is 4.38. The molecule has 0 fully saturated rings. The van der Waals surface area contributed by atoms with Crippen molar-refractivity contribution in [2.75, 3.05) is 6.61 Å². The van der Waals surface area contributed by atoms with Crippen LogP contribution in [0.15, 0.2) is 46.9 Å². The highest BCUT2D eigenvalue weighted by molar-refractivity contribution is 9.10. The molecule has 0 atom stereocenters. The van der Waals surface area contributed by atoms with Crippen molar-refractivity contribution in [1.29, 1.82) is 0 Å². The highest BCUT2D eigenvalue weighted by Gasteiger charge is 2.11.